The summed E-state index contributed by atoms with van der Waals surface area (Å²) >= 11 is 0. The Hall–Kier alpha value is -4.20. The first kappa shape index (κ1) is 22.0. The molecule has 2 aromatic carbocycles. The van der Waals surface area contributed by atoms with Crippen molar-refractivity contribution in [1.82, 2.24) is 4.98 Å². The van der Waals surface area contributed by atoms with E-state index in [2.05, 4.69) is 15.4 Å². The summed E-state index contributed by atoms with van der Waals surface area (Å²) in [5, 5.41) is 5.66. The fraction of sp³-hybridized carbons (Fsp3) is 0.200. The summed E-state index contributed by atoms with van der Waals surface area (Å²) < 4.78 is 10.0. The summed E-state index contributed by atoms with van der Waals surface area (Å²) in [4.78, 5) is 39.8. The average molecular weight is 445 g/mol. The highest BCUT2D eigenvalue weighted by Gasteiger charge is 2.17. The molecule has 0 fully saturated rings. The van der Waals surface area contributed by atoms with Crippen LogP contribution in [-0.4, -0.2) is 36.5 Å². The third-order valence-corrected chi connectivity index (χ3v) is 5.11. The van der Waals surface area contributed by atoms with Crippen molar-refractivity contribution in [3.63, 3.8) is 0 Å². The summed E-state index contributed by atoms with van der Waals surface area (Å²) in [6.07, 6.45) is 0.860. The molecule has 2 heterocycles. The lowest BCUT2D eigenvalue weighted by Crippen LogP contribution is -2.25. The van der Waals surface area contributed by atoms with Crippen LogP contribution in [0.2, 0.25) is 0 Å². The summed E-state index contributed by atoms with van der Waals surface area (Å²) in [5.74, 6) is -0.0595. The van der Waals surface area contributed by atoms with E-state index < -0.39 is 0 Å². The zero-order valence-corrected chi connectivity index (χ0v) is 18.1. The first-order valence-electron chi connectivity index (χ1n) is 10.5. The minimum absolute atomic E-state index is 0.0121. The van der Waals surface area contributed by atoms with Crippen LogP contribution in [0.4, 0.5) is 11.4 Å². The van der Waals surface area contributed by atoms with E-state index in [4.69, 9.17) is 9.72 Å². The normalized spacial score (nSPS) is 12.2. The molecule has 0 radical (unpaired) electrons. The lowest BCUT2D eigenvalue weighted by atomic mass is 10.1. The number of anilines is 2. The van der Waals surface area contributed by atoms with E-state index >= 15 is 0 Å². The van der Waals surface area contributed by atoms with E-state index in [0.29, 0.717) is 23.5 Å². The lowest BCUT2D eigenvalue weighted by molar-refractivity contribution is -0.140. The van der Waals surface area contributed by atoms with Crippen molar-refractivity contribution in [3.05, 3.63) is 60.7 Å². The zero-order chi connectivity index (χ0) is 23.2. The van der Waals surface area contributed by atoms with Crippen molar-refractivity contribution < 1.29 is 23.9 Å². The van der Waals surface area contributed by atoms with Gasteiger partial charge in [-0.05, 0) is 48.9 Å². The fourth-order valence-corrected chi connectivity index (χ4v) is 3.47. The number of hydrogen-bond acceptors (Lipinski definition) is 6. The SMILES string of the molecule is COC(=O)CCCC(=O)Nc1cccc(-c2cccc(-c3ccc4c(c3)NC(=O)CO4)n2)c1. The number of ether oxygens (including phenoxy) is 2. The smallest absolute Gasteiger partial charge is 0.305 e. The second-order valence-electron chi connectivity index (χ2n) is 7.51. The molecule has 1 aliphatic rings. The van der Waals surface area contributed by atoms with E-state index in [9.17, 15) is 14.4 Å². The molecule has 0 saturated heterocycles. The number of aromatic nitrogens is 1. The molecule has 2 N–H and O–H groups in total. The highest BCUT2D eigenvalue weighted by molar-refractivity contribution is 5.96. The van der Waals surface area contributed by atoms with Crippen LogP contribution < -0.4 is 15.4 Å². The Bertz CT molecular complexity index is 1210. The van der Waals surface area contributed by atoms with Gasteiger partial charge in [-0.2, -0.15) is 0 Å². The Morgan fingerprint density at radius 2 is 1.79 bits per heavy atom. The molecular formula is C25H23N3O5. The summed E-state index contributed by atoms with van der Waals surface area (Å²) in [6, 6.07) is 18.7. The third kappa shape index (κ3) is 5.54. The van der Waals surface area contributed by atoms with E-state index in [1.54, 1.807) is 6.07 Å². The van der Waals surface area contributed by atoms with Crippen LogP contribution >= 0.6 is 0 Å². The van der Waals surface area contributed by atoms with Gasteiger partial charge in [0.2, 0.25) is 5.91 Å². The number of pyridine rings is 1. The van der Waals surface area contributed by atoms with Crippen LogP contribution in [0, 0.1) is 0 Å². The predicted molar refractivity (Wildman–Crippen MR) is 124 cm³/mol. The topological polar surface area (TPSA) is 107 Å². The highest BCUT2D eigenvalue weighted by Crippen LogP contribution is 2.33. The van der Waals surface area contributed by atoms with Crippen LogP contribution in [0.3, 0.4) is 0 Å². The number of rotatable bonds is 7. The van der Waals surface area contributed by atoms with Gasteiger partial charge in [0, 0.05) is 29.7 Å². The van der Waals surface area contributed by atoms with Gasteiger partial charge < -0.3 is 20.1 Å². The van der Waals surface area contributed by atoms with Gasteiger partial charge in [0.05, 0.1) is 24.2 Å². The number of carbonyl (C=O) groups is 3. The number of nitrogens with zero attached hydrogens (tertiary/aromatic N) is 1. The minimum atomic E-state index is -0.329. The molecule has 0 aliphatic carbocycles. The summed E-state index contributed by atoms with van der Waals surface area (Å²) in [5.41, 5.74) is 4.44. The van der Waals surface area contributed by atoms with E-state index in [1.165, 1.54) is 7.11 Å². The van der Waals surface area contributed by atoms with Crippen LogP contribution in [0.15, 0.2) is 60.7 Å². The van der Waals surface area contributed by atoms with Crippen molar-refractivity contribution >= 4 is 29.2 Å². The van der Waals surface area contributed by atoms with E-state index in [0.717, 1.165) is 22.5 Å². The van der Waals surface area contributed by atoms with Crippen LogP contribution in [-0.2, 0) is 19.1 Å². The van der Waals surface area contributed by atoms with Gasteiger partial charge >= 0.3 is 5.97 Å². The predicted octanol–water partition coefficient (Wildman–Crippen LogP) is 4.03. The highest BCUT2D eigenvalue weighted by atomic mass is 16.5. The zero-order valence-electron chi connectivity index (χ0n) is 18.1. The molecule has 0 bridgehead atoms. The molecule has 3 aromatic rings. The minimum Gasteiger partial charge on any atom is -0.482 e. The Kier molecular flexibility index (Phi) is 6.64. The molecule has 1 aliphatic heterocycles. The molecular weight excluding hydrogens is 422 g/mol. The number of amides is 2. The number of esters is 1. The van der Waals surface area contributed by atoms with Crippen molar-refractivity contribution in [2.75, 3.05) is 24.4 Å². The van der Waals surface area contributed by atoms with Crippen molar-refractivity contribution in [2.45, 2.75) is 19.3 Å². The van der Waals surface area contributed by atoms with Gasteiger partial charge in [0.15, 0.2) is 6.61 Å². The third-order valence-electron chi connectivity index (χ3n) is 5.11. The Balaban J connectivity index is 1.49. The van der Waals surface area contributed by atoms with Crippen molar-refractivity contribution in [2.24, 2.45) is 0 Å². The number of methoxy groups -OCH3 is 1. The van der Waals surface area contributed by atoms with Gasteiger partial charge in [0.25, 0.3) is 5.91 Å². The molecule has 0 unspecified atom stereocenters. The van der Waals surface area contributed by atoms with Gasteiger partial charge in [-0.1, -0.05) is 18.2 Å². The van der Waals surface area contributed by atoms with Gasteiger partial charge in [-0.25, -0.2) is 4.98 Å². The monoisotopic (exact) mass is 445 g/mol. The maximum atomic E-state index is 12.2. The first-order valence-corrected chi connectivity index (χ1v) is 10.5. The molecule has 8 nitrogen and oxygen atoms in total. The second-order valence-corrected chi connectivity index (χ2v) is 7.51. The molecule has 33 heavy (non-hydrogen) atoms. The molecule has 0 saturated carbocycles. The number of carbonyl (C=O) groups excluding carboxylic acids is 3. The lowest BCUT2D eigenvalue weighted by Gasteiger charge is -2.18. The van der Waals surface area contributed by atoms with Crippen molar-refractivity contribution in [1.29, 1.82) is 0 Å². The number of hydrogen-bond donors (Lipinski definition) is 2. The van der Waals surface area contributed by atoms with Gasteiger partial charge in [-0.15, -0.1) is 0 Å². The van der Waals surface area contributed by atoms with E-state index in [-0.39, 0.29) is 37.2 Å². The molecule has 8 heteroatoms. The maximum absolute atomic E-state index is 12.2. The Labute approximate surface area is 190 Å². The Morgan fingerprint density at radius 1 is 1.03 bits per heavy atom. The van der Waals surface area contributed by atoms with E-state index in [1.807, 2.05) is 54.6 Å². The Morgan fingerprint density at radius 3 is 2.58 bits per heavy atom. The molecule has 2 amide bonds. The first-order chi connectivity index (χ1) is 16.0. The number of nitrogens with one attached hydrogen (secondary N) is 2. The summed E-state index contributed by atoms with van der Waals surface area (Å²) in [7, 11) is 1.33. The van der Waals surface area contributed by atoms with Gasteiger partial charge in [0.1, 0.15) is 5.75 Å². The molecule has 1 aromatic heterocycles. The van der Waals surface area contributed by atoms with Crippen LogP contribution in [0.5, 0.6) is 5.75 Å². The van der Waals surface area contributed by atoms with Crippen molar-refractivity contribution in [3.8, 4) is 28.3 Å². The quantitative estimate of drug-likeness (QED) is 0.532. The number of fused-ring (bicyclic) bond motifs is 1. The van der Waals surface area contributed by atoms with Crippen LogP contribution in [0.1, 0.15) is 19.3 Å². The van der Waals surface area contributed by atoms with Crippen LogP contribution in [0.25, 0.3) is 22.5 Å². The summed E-state index contributed by atoms with van der Waals surface area (Å²) in [6.45, 7) is 0.0121. The molecule has 168 valence electrons. The molecule has 0 spiro atoms. The maximum Gasteiger partial charge on any atom is 0.305 e. The second kappa shape index (κ2) is 9.95. The van der Waals surface area contributed by atoms with Gasteiger partial charge in [-0.3, -0.25) is 14.4 Å². The molecule has 4 rings (SSSR count). The molecule has 0 atom stereocenters. The number of benzene rings is 2. The fourth-order valence-electron chi connectivity index (χ4n) is 3.47. The standard InChI is InChI=1S/C25H23N3O5/c1-32-25(31)10-4-9-23(29)26-18-6-2-5-16(13-18)19-7-3-8-20(27-19)17-11-12-22-21(14-17)28-24(30)15-33-22/h2-3,5-8,11-14H,4,9-10,15H2,1H3,(H,26,29)(H,28,30). The average Bonchev–Trinajstić information content (AvgIpc) is 2.83. The largest absolute Gasteiger partial charge is 0.482 e.